The summed E-state index contributed by atoms with van der Waals surface area (Å²) in [4.78, 5) is 0. The molecule has 1 aliphatic rings. The van der Waals surface area contributed by atoms with E-state index in [4.69, 9.17) is 9.16 Å². The molecule has 0 bridgehead atoms. The van der Waals surface area contributed by atoms with Gasteiger partial charge >= 0.3 is 0 Å². The fourth-order valence-corrected chi connectivity index (χ4v) is 4.90. The van der Waals surface area contributed by atoms with Gasteiger partial charge in [-0.3, -0.25) is 0 Å². The monoisotopic (exact) mass is 244 g/mol. The highest BCUT2D eigenvalue weighted by molar-refractivity contribution is 6.73. The Morgan fingerprint density at radius 2 is 1.81 bits per heavy atom. The summed E-state index contributed by atoms with van der Waals surface area (Å²) in [6, 6.07) is 3.31. The molecule has 3 nitrogen and oxygen atoms in total. The van der Waals surface area contributed by atoms with Gasteiger partial charge in [0, 0.05) is 0 Å². The minimum Gasteiger partial charge on any atom is -0.496 e. The number of hydrogen-bond donors (Lipinski definition) is 1. The van der Waals surface area contributed by atoms with Gasteiger partial charge in [-0.15, -0.1) is 0 Å². The first-order valence-corrected chi connectivity index (χ1v) is 8.79. The Morgan fingerprint density at radius 3 is 2.31 bits per heavy atom. The molecule has 4 heteroatoms. The average molecular weight is 244 g/mol. The second-order valence-electron chi connectivity index (χ2n) is 4.49. The van der Waals surface area contributed by atoms with Crippen molar-refractivity contribution in [1.29, 1.82) is 0 Å². The third-order valence-corrected chi connectivity index (χ3v) is 8.34. The second kappa shape index (κ2) is 5.84. The first kappa shape index (κ1) is 13.7. The zero-order chi connectivity index (χ0) is 12.2. The van der Waals surface area contributed by atoms with E-state index in [0.29, 0.717) is 0 Å². The van der Waals surface area contributed by atoms with Crippen molar-refractivity contribution in [1.82, 2.24) is 0 Å². The van der Waals surface area contributed by atoms with E-state index < -0.39 is 14.4 Å². The van der Waals surface area contributed by atoms with Crippen molar-refractivity contribution in [3.05, 3.63) is 12.3 Å². The van der Waals surface area contributed by atoms with E-state index in [-0.39, 0.29) is 12.2 Å². The molecule has 1 aliphatic heterocycles. The second-order valence-corrected chi connectivity index (χ2v) is 9.21. The van der Waals surface area contributed by atoms with Crippen molar-refractivity contribution < 1.29 is 14.3 Å². The van der Waals surface area contributed by atoms with E-state index in [1.807, 2.05) is 13.0 Å². The van der Waals surface area contributed by atoms with Gasteiger partial charge in [0.2, 0.25) is 0 Å². The predicted octanol–water partition coefficient (Wildman–Crippen LogP) is 2.67. The molecule has 16 heavy (non-hydrogen) atoms. The van der Waals surface area contributed by atoms with Gasteiger partial charge in [0.05, 0.1) is 12.4 Å². The van der Waals surface area contributed by atoms with Crippen LogP contribution < -0.4 is 0 Å². The molecule has 0 amide bonds. The van der Waals surface area contributed by atoms with Crippen LogP contribution in [0.25, 0.3) is 0 Å². The molecule has 94 valence electrons. The molecule has 1 rings (SSSR count). The molecule has 0 unspecified atom stereocenters. The van der Waals surface area contributed by atoms with Crippen LogP contribution in [0.4, 0.5) is 0 Å². The first-order chi connectivity index (χ1) is 7.58. The summed E-state index contributed by atoms with van der Waals surface area (Å²) >= 11 is 0. The van der Waals surface area contributed by atoms with Crippen molar-refractivity contribution in [3.63, 3.8) is 0 Å². The number of aliphatic hydroxyl groups is 1. The zero-order valence-corrected chi connectivity index (χ0v) is 11.8. The lowest BCUT2D eigenvalue weighted by Gasteiger charge is -2.37. The lowest BCUT2D eigenvalue weighted by Crippen LogP contribution is -2.48. The normalized spacial score (nSPS) is 30.2. The molecule has 0 aromatic rings. The Morgan fingerprint density at radius 1 is 1.25 bits per heavy atom. The maximum atomic E-state index is 10.0. The first-order valence-electron chi connectivity index (χ1n) is 6.26. The van der Waals surface area contributed by atoms with E-state index >= 15 is 0 Å². The van der Waals surface area contributed by atoms with Gasteiger partial charge in [0.1, 0.15) is 12.2 Å². The van der Waals surface area contributed by atoms with Gasteiger partial charge in [-0.05, 0) is 31.1 Å². The molecule has 1 N–H and O–H groups in total. The van der Waals surface area contributed by atoms with Crippen LogP contribution in [-0.4, -0.2) is 31.7 Å². The summed E-state index contributed by atoms with van der Waals surface area (Å²) in [5.74, 6) is 0. The van der Waals surface area contributed by atoms with Gasteiger partial charge in [0.25, 0.3) is 0 Å². The van der Waals surface area contributed by atoms with E-state index in [2.05, 4.69) is 20.8 Å². The maximum Gasteiger partial charge on any atom is 0.193 e. The van der Waals surface area contributed by atoms with Crippen molar-refractivity contribution in [2.75, 3.05) is 0 Å². The summed E-state index contributed by atoms with van der Waals surface area (Å²) in [6.07, 6.45) is 2.60. The number of ether oxygens (including phenoxy) is 1. The highest BCUT2D eigenvalue weighted by Crippen LogP contribution is 2.27. The van der Waals surface area contributed by atoms with Crippen LogP contribution in [0.3, 0.4) is 0 Å². The zero-order valence-electron chi connectivity index (χ0n) is 10.8. The summed E-state index contributed by atoms with van der Waals surface area (Å²) in [5.41, 5.74) is 0. The molecule has 3 atom stereocenters. The van der Waals surface area contributed by atoms with Crippen LogP contribution in [0.1, 0.15) is 27.7 Å². The Kier molecular flexibility index (Phi) is 5.02. The minimum absolute atomic E-state index is 0.174. The Balaban J connectivity index is 2.71. The summed E-state index contributed by atoms with van der Waals surface area (Å²) in [7, 11) is -1.64. The van der Waals surface area contributed by atoms with Gasteiger partial charge in [-0.1, -0.05) is 20.8 Å². The molecule has 0 fully saturated rings. The molecular weight excluding hydrogens is 220 g/mol. The number of hydrogen-bond acceptors (Lipinski definition) is 3. The lowest BCUT2D eigenvalue weighted by molar-refractivity contribution is -0.0492. The molecule has 0 aliphatic carbocycles. The smallest absolute Gasteiger partial charge is 0.193 e. The molecule has 0 radical (unpaired) electrons. The Bertz CT molecular complexity index is 230. The summed E-state index contributed by atoms with van der Waals surface area (Å²) < 4.78 is 11.5. The molecule has 0 saturated carbocycles. The van der Waals surface area contributed by atoms with E-state index in [1.165, 1.54) is 0 Å². The molecule has 0 aromatic carbocycles. The highest BCUT2D eigenvalue weighted by atomic mass is 28.4. The minimum atomic E-state index is -1.64. The molecular formula is C12H24O3Si. The third-order valence-electron chi connectivity index (χ3n) is 3.70. The maximum absolute atomic E-state index is 10.0. The third kappa shape index (κ3) is 2.87. The van der Waals surface area contributed by atoms with Gasteiger partial charge in [0.15, 0.2) is 8.32 Å². The number of aliphatic hydroxyl groups excluding tert-OH is 1. The predicted molar refractivity (Wildman–Crippen MR) is 67.8 cm³/mol. The van der Waals surface area contributed by atoms with Crippen LogP contribution in [0.15, 0.2) is 12.3 Å². The van der Waals surface area contributed by atoms with Crippen LogP contribution in [0, 0.1) is 0 Å². The van der Waals surface area contributed by atoms with Crippen molar-refractivity contribution in [3.8, 4) is 0 Å². The van der Waals surface area contributed by atoms with Crippen molar-refractivity contribution in [2.24, 2.45) is 0 Å². The standard InChI is InChI=1S/C12H24O3Si/c1-5-16(6-2,7-3)15-11-8-9-14-10(4)12(11)13/h8-13H,5-7H2,1-4H3/t10-,11-,12+/m0/s1. The van der Waals surface area contributed by atoms with Gasteiger partial charge in [-0.2, -0.15) is 0 Å². The van der Waals surface area contributed by atoms with Crippen molar-refractivity contribution in [2.45, 2.75) is 64.1 Å². The van der Waals surface area contributed by atoms with Gasteiger partial charge in [-0.25, -0.2) is 0 Å². The van der Waals surface area contributed by atoms with Crippen LogP contribution in [0.5, 0.6) is 0 Å². The summed E-state index contributed by atoms with van der Waals surface area (Å²) in [5, 5.41) is 10.0. The lowest BCUT2D eigenvalue weighted by atomic mass is 10.1. The van der Waals surface area contributed by atoms with E-state index in [1.54, 1.807) is 6.26 Å². The topological polar surface area (TPSA) is 38.7 Å². The van der Waals surface area contributed by atoms with Gasteiger partial charge < -0.3 is 14.3 Å². The number of rotatable bonds is 5. The average Bonchev–Trinajstić information content (AvgIpc) is 2.32. The fourth-order valence-electron chi connectivity index (χ4n) is 2.11. The summed E-state index contributed by atoms with van der Waals surface area (Å²) in [6.45, 7) is 8.45. The van der Waals surface area contributed by atoms with E-state index in [0.717, 1.165) is 18.1 Å². The SMILES string of the molecule is CC[Si](CC)(CC)O[C@H]1C=CO[C@@H](C)[C@H]1O. The fraction of sp³-hybridized carbons (Fsp3) is 0.833. The molecule has 0 aromatic heterocycles. The molecule has 0 saturated heterocycles. The Labute approximate surface area is 99.6 Å². The molecule has 0 spiro atoms. The van der Waals surface area contributed by atoms with Crippen LogP contribution in [0.2, 0.25) is 18.1 Å². The highest BCUT2D eigenvalue weighted by Gasteiger charge is 2.36. The van der Waals surface area contributed by atoms with Crippen molar-refractivity contribution >= 4 is 8.32 Å². The molecule has 1 heterocycles. The van der Waals surface area contributed by atoms with Crippen LogP contribution in [-0.2, 0) is 9.16 Å². The Hall–Kier alpha value is -0.323. The van der Waals surface area contributed by atoms with E-state index in [9.17, 15) is 5.11 Å². The van der Waals surface area contributed by atoms with Crippen LogP contribution >= 0.6 is 0 Å². The largest absolute Gasteiger partial charge is 0.496 e. The quantitative estimate of drug-likeness (QED) is 0.756.